The van der Waals surface area contributed by atoms with Gasteiger partial charge in [-0.15, -0.1) is 0 Å². The van der Waals surface area contributed by atoms with Crippen LogP contribution in [0.2, 0.25) is 0 Å². The molecular weight excluding hydrogens is 306 g/mol. The maximum absolute atomic E-state index is 12.3. The summed E-state index contributed by atoms with van der Waals surface area (Å²) in [4.78, 5) is 24.6. The van der Waals surface area contributed by atoms with Crippen LogP contribution in [0.4, 0.5) is 5.69 Å². The Morgan fingerprint density at radius 3 is 2.42 bits per heavy atom. The van der Waals surface area contributed by atoms with Gasteiger partial charge in [0.15, 0.2) is 6.10 Å². The van der Waals surface area contributed by atoms with Crippen molar-refractivity contribution in [1.82, 2.24) is 9.78 Å². The van der Waals surface area contributed by atoms with Crippen molar-refractivity contribution in [2.75, 3.05) is 5.32 Å². The first-order chi connectivity index (χ1) is 11.2. The number of hydrogen-bond acceptors (Lipinski definition) is 4. The van der Waals surface area contributed by atoms with Crippen LogP contribution < -0.4 is 5.32 Å². The quantitative estimate of drug-likeness (QED) is 0.876. The highest BCUT2D eigenvalue weighted by atomic mass is 16.5. The van der Waals surface area contributed by atoms with E-state index in [9.17, 15) is 9.59 Å². The number of rotatable bonds is 4. The average molecular weight is 329 g/mol. The number of nitrogens with zero attached hydrogens (tertiary/aromatic N) is 2. The Bertz CT molecular complexity index is 793. The smallest absolute Gasteiger partial charge is 0.339 e. The van der Waals surface area contributed by atoms with Gasteiger partial charge in [-0.1, -0.05) is 17.7 Å². The number of amides is 1. The molecule has 1 aromatic heterocycles. The van der Waals surface area contributed by atoms with Gasteiger partial charge >= 0.3 is 5.97 Å². The van der Waals surface area contributed by atoms with Gasteiger partial charge in [0.1, 0.15) is 0 Å². The average Bonchev–Trinajstić information content (AvgIpc) is 2.73. The zero-order valence-corrected chi connectivity index (χ0v) is 14.9. The Morgan fingerprint density at radius 2 is 1.88 bits per heavy atom. The second kappa shape index (κ2) is 6.86. The number of benzene rings is 1. The summed E-state index contributed by atoms with van der Waals surface area (Å²) >= 11 is 0. The molecule has 2 aromatic rings. The molecule has 6 heteroatoms. The highest BCUT2D eigenvalue weighted by Gasteiger charge is 2.22. The Hall–Kier alpha value is -2.63. The molecule has 0 spiro atoms. The van der Waals surface area contributed by atoms with E-state index in [0.717, 1.165) is 22.5 Å². The van der Waals surface area contributed by atoms with E-state index >= 15 is 0 Å². The van der Waals surface area contributed by atoms with Crippen molar-refractivity contribution in [3.05, 3.63) is 46.3 Å². The van der Waals surface area contributed by atoms with Gasteiger partial charge in [-0.3, -0.25) is 9.48 Å². The van der Waals surface area contributed by atoms with Crippen molar-refractivity contribution in [1.29, 1.82) is 0 Å². The molecule has 0 unspecified atom stereocenters. The first-order valence-electron chi connectivity index (χ1n) is 7.80. The summed E-state index contributed by atoms with van der Waals surface area (Å²) in [5, 5.41) is 7.03. The molecule has 24 heavy (non-hydrogen) atoms. The Labute approximate surface area is 141 Å². The normalized spacial score (nSPS) is 11.9. The monoisotopic (exact) mass is 329 g/mol. The molecule has 0 bridgehead atoms. The summed E-state index contributed by atoms with van der Waals surface area (Å²) in [5.41, 5.74) is 4.57. The third kappa shape index (κ3) is 3.64. The van der Waals surface area contributed by atoms with E-state index < -0.39 is 12.1 Å². The standard InChI is InChI=1S/C18H23N3O3/c1-10-7-8-15(11(2)9-10)18(23)24-14(5)17(22)19-16-12(3)20-21(6)13(16)4/h7-9,14H,1-6H3,(H,19,22)/t14-/m1/s1. The van der Waals surface area contributed by atoms with E-state index in [1.807, 2.05) is 46.9 Å². The SMILES string of the molecule is Cc1ccc(C(=O)O[C@H](C)C(=O)Nc2c(C)nn(C)c2C)c(C)c1. The summed E-state index contributed by atoms with van der Waals surface area (Å²) in [6.07, 6.45) is -0.905. The van der Waals surface area contributed by atoms with Gasteiger partial charge in [0.25, 0.3) is 5.91 Å². The molecule has 6 nitrogen and oxygen atoms in total. The predicted molar refractivity (Wildman–Crippen MR) is 92.1 cm³/mol. The number of carbonyl (C=O) groups excluding carboxylic acids is 2. The zero-order valence-electron chi connectivity index (χ0n) is 14.9. The minimum atomic E-state index is -0.905. The predicted octanol–water partition coefficient (Wildman–Crippen LogP) is 2.84. The van der Waals surface area contributed by atoms with E-state index in [1.54, 1.807) is 17.7 Å². The summed E-state index contributed by atoms with van der Waals surface area (Å²) < 4.78 is 6.99. The van der Waals surface area contributed by atoms with Crippen LogP contribution in [-0.4, -0.2) is 27.8 Å². The van der Waals surface area contributed by atoms with Crippen molar-refractivity contribution in [2.24, 2.45) is 7.05 Å². The number of ether oxygens (including phenoxy) is 1. The number of nitrogens with one attached hydrogen (secondary N) is 1. The number of esters is 1. The molecule has 1 amide bonds. The van der Waals surface area contributed by atoms with E-state index in [4.69, 9.17) is 4.74 Å². The molecule has 0 saturated heterocycles. The molecule has 128 valence electrons. The second-order valence-corrected chi connectivity index (χ2v) is 6.02. The highest BCUT2D eigenvalue weighted by Crippen LogP contribution is 2.19. The highest BCUT2D eigenvalue weighted by molar-refractivity contribution is 5.98. The van der Waals surface area contributed by atoms with Crippen LogP contribution in [0.25, 0.3) is 0 Å². The molecule has 1 aromatic carbocycles. The van der Waals surface area contributed by atoms with Crippen LogP contribution in [0.15, 0.2) is 18.2 Å². The van der Waals surface area contributed by atoms with Gasteiger partial charge < -0.3 is 10.1 Å². The number of hydrogen-bond donors (Lipinski definition) is 1. The van der Waals surface area contributed by atoms with Gasteiger partial charge in [-0.05, 0) is 46.2 Å². The van der Waals surface area contributed by atoms with Gasteiger partial charge in [-0.25, -0.2) is 4.79 Å². The van der Waals surface area contributed by atoms with Crippen molar-refractivity contribution in [3.63, 3.8) is 0 Å². The molecular formula is C18H23N3O3. The first kappa shape index (κ1) is 17.7. The van der Waals surface area contributed by atoms with Crippen LogP contribution in [-0.2, 0) is 16.6 Å². The van der Waals surface area contributed by atoms with Crippen LogP contribution in [0.1, 0.15) is 39.8 Å². The lowest BCUT2D eigenvalue weighted by Crippen LogP contribution is -2.30. The summed E-state index contributed by atoms with van der Waals surface area (Å²) in [7, 11) is 1.81. The third-order valence-corrected chi connectivity index (χ3v) is 4.01. The van der Waals surface area contributed by atoms with Gasteiger partial charge in [-0.2, -0.15) is 5.10 Å². The van der Waals surface area contributed by atoms with Crippen molar-refractivity contribution in [2.45, 2.75) is 40.7 Å². The van der Waals surface area contributed by atoms with Crippen molar-refractivity contribution < 1.29 is 14.3 Å². The van der Waals surface area contributed by atoms with Crippen LogP contribution in [0.3, 0.4) is 0 Å². The van der Waals surface area contributed by atoms with Crippen LogP contribution in [0.5, 0.6) is 0 Å². The lowest BCUT2D eigenvalue weighted by molar-refractivity contribution is -0.123. The van der Waals surface area contributed by atoms with Gasteiger partial charge in [0.2, 0.25) is 0 Å². The fourth-order valence-corrected chi connectivity index (χ4v) is 2.50. The summed E-state index contributed by atoms with van der Waals surface area (Å²) in [6.45, 7) is 9.03. The lowest BCUT2D eigenvalue weighted by atomic mass is 10.1. The van der Waals surface area contributed by atoms with E-state index in [-0.39, 0.29) is 5.91 Å². The number of aromatic nitrogens is 2. The Kier molecular flexibility index (Phi) is 5.07. The largest absolute Gasteiger partial charge is 0.449 e. The molecule has 0 fully saturated rings. The fourth-order valence-electron chi connectivity index (χ4n) is 2.50. The Morgan fingerprint density at radius 1 is 1.21 bits per heavy atom. The molecule has 0 saturated carbocycles. The van der Waals surface area contributed by atoms with E-state index in [2.05, 4.69) is 10.4 Å². The maximum Gasteiger partial charge on any atom is 0.339 e. The van der Waals surface area contributed by atoms with E-state index in [0.29, 0.717) is 11.3 Å². The molecule has 0 aliphatic carbocycles. The molecule has 1 heterocycles. The van der Waals surface area contributed by atoms with Crippen molar-refractivity contribution in [3.8, 4) is 0 Å². The number of aryl methyl sites for hydroxylation is 4. The minimum Gasteiger partial charge on any atom is -0.449 e. The zero-order chi connectivity index (χ0) is 18.0. The third-order valence-electron chi connectivity index (χ3n) is 4.01. The minimum absolute atomic E-state index is 0.382. The molecule has 1 atom stereocenters. The molecule has 1 N–H and O–H groups in total. The fraction of sp³-hybridized carbons (Fsp3) is 0.389. The Balaban J connectivity index is 2.07. The van der Waals surface area contributed by atoms with Crippen LogP contribution >= 0.6 is 0 Å². The second-order valence-electron chi connectivity index (χ2n) is 6.02. The van der Waals surface area contributed by atoms with Crippen LogP contribution in [0, 0.1) is 27.7 Å². The van der Waals surface area contributed by atoms with E-state index in [1.165, 1.54) is 0 Å². The van der Waals surface area contributed by atoms with Crippen molar-refractivity contribution >= 4 is 17.6 Å². The molecule has 0 radical (unpaired) electrons. The summed E-state index contributed by atoms with van der Waals surface area (Å²) in [6, 6.07) is 5.47. The molecule has 0 aliphatic rings. The molecule has 2 rings (SSSR count). The lowest BCUT2D eigenvalue weighted by Gasteiger charge is -2.15. The van der Waals surface area contributed by atoms with Gasteiger partial charge in [0.05, 0.1) is 22.6 Å². The number of anilines is 1. The number of carbonyl (C=O) groups is 2. The van der Waals surface area contributed by atoms with Gasteiger partial charge in [0, 0.05) is 7.05 Å². The summed E-state index contributed by atoms with van der Waals surface area (Å²) in [5.74, 6) is -0.887. The first-order valence-corrected chi connectivity index (χ1v) is 7.80. The molecule has 0 aliphatic heterocycles. The maximum atomic E-state index is 12.3. The topological polar surface area (TPSA) is 73.2 Å².